The molecule has 7 heteroatoms. The molecule has 0 spiro atoms. The summed E-state index contributed by atoms with van der Waals surface area (Å²) in [6, 6.07) is 0. The van der Waals surface area contributed by atoms with Crippen molar-refractivity contribution >= 4 is 33.5 Å². The molecule has 1 rings (SSSR count). The molecule has 0 amide bonds. The van der Waals surface area contributed by atoms with Crippen molar-refractivity contribution in [3.63, 3.8) is 0 Å². The smallest absolute Gasteiger partial charge is 0.240 e. The molecular weight excluding hydrogens is 264 g/mol. The van der Waals surface area contributed by atoms with Crippen molar-refractivity contribution in [1.29, 1.82) is 0 Å². The third kappa shape index (κ3) is 3.32. The van der Waals surface area contributed by atoms with Crippen molar-refractivity contribution in [3.8, 4) is 0 Å². The van der Waals surface area contributed by atoms with Gasteiger partial charge in [-0.15, -0.1) is 11.8 Å². The second kappa shape index (κ2) is 4.80. The molecule has 2 N–H and O–H groups in total. The predicted molar refractivity (Wildman–Crippen MR) is 72.3 cm³/mol. The first-order chi connectivity index (χ1) is 7.16. The minimum Gasteiger partial charge on any atom is -0.345 e. The summed E-state index contributed by atoms with van der Waals surface area (Å²) < 4.78 is 23.3. The Labute approximate surface area is 106 Å². The van der Waals surface area contributed by atoms with Crippen LogP contribution in [0.25, 0.3) is 0 Å². The molecule has 0 saturated carbocycles. The van der Waals surface area contributed by atoms with Crippen LogP contribution in [0.15, 0.2) is 10.4 Å². The fourth-order valence-corrected chi connectivity index (χ4v) is 5.27. The number of primary sulfonamides is 1. The van der Waals surface area contributed by atoms with Gasteiger partial charge in [0, 0.05) is 11.7 Å². The summed E-state index contributed by atoms with van der Waals surface area (Å²) in [6.07, 6.45) is 1.90. The maximum Gasteiger partial charge on any atom is 0.240 e. The summed E-state index contributed by atoms with van der Waals surface area (Å²) in [6.45, 7) is 7.96. The number of rotatable bonds is 3. The minimum atomic E-state index is -3.56. The highest BCUT2D eigenvalue weighted by Crippen LogP contribution is 2.44. The Bertz CT molecular complexity index is 384. The molecule has 0 bridgehead atoms. The zero-order chi connectivity index (χ0) is 12.6. The lowest BCUT2D eigenvalue weighted by Crippen LogP contribution is -2.46. The molecule has 94 valence electrons. The second-order valence-electron chi connectivity index (χ2n) is 4.47. The van der Waals surface area contributed by atoms with Crippen LogP contribution in [0.3, 0.4) is 0 Å². The zero-order valence-electron chi connectivity index (χ0n) is 9.93. The van der Waals surface area contributed by atoms with E-state index >= 15 is 0 Å². The van der Waals surface area contributed by atoms with Gasteiger partial charge in [-0.2, -0.15) is 0 Å². The largest absolute Gasteiger partial charge is 0.345 e. The van der Waals surface area contributed by atoms with Gasteiger partial charge >= 0.3 is 0 Å². The minimum absolute atomic E-state index is 0.250. The molecule has 1 unspecified atom stereocenters. The molecule has 0 aromatic rings. The first-order valence-corrected chi connectivity index (χ1v) is 8.45. The number of nitrogens with zero attached hydrogens (tertiary/aromatic N) is 1. The van der Waals surface area contributed by atoms with Crippen molar-refractivity contribution in [2.45, 2.75) is 37.9 Å². The van der Waals surface area contributed by atoms with Crippen molar-refractivity contribution in [2.24, 2.45) is 5.14 Å². The molecule has 4 nitrogen and oxygen atoms in total. The van der Waals surface area contributed by atoms with Gasteiger partial charge in [-0.25, -0.2) is 13.6 Å². The highest BCUT2D eigenvalue weighted by Gasteiger charge is 2.39. The quantitative estimate of drug-likeness (QED) is 0.857. The molecule has 0 fully saturated rings. The van der Waals surface area contributed by atoms with Crippen LogP contribution in [0.5, 0.6) is 0 Å². The molecule has 1 aliphatic rings. The van der Waals surface area contributed by atoms with Gasteiger partial charge in [0.1, 0.15) is 0 Å². The third-order valence-corrected chi connectivity index (χ3v) is 6.00. The second-order valence-corrected chi connectivity index (χ2v) is 9.08. The molecule has 1 heterocycles. The van der Waals surface area contributed by atoms with Crippen LogP contribution < -0.4 is 5.14 Å². The Kier molecular flexibility index (Phi) is 4.26. The molecule has 0 radical (unpaired) electrons. The van der Waals surface area contributed by atoms with E-state index in [9.17, 15) is 8.42 Å². The van der Waals surface area contributed by atoms with Crippen LogP contribution >= 0.6 is 23.5 Å². The summed E-state index contributed by atoms with van der Waals surface area (Å²) in [4.78, 5) is 1.81. The number of sulfonamides is 1. The van der Waals surface area contributed by atoms with Crippen molar-refractivity contribution in [1.82, 2.24) is 4.90 Å². The van der Waals surface area contributed by atoms with Crippen LogP contribution in [0.4, 0.5) is 0 Å². The fourth-order valence-electron chi connectivity index (χ4n) is 1.31. The van der Waals surface area contributed by atoms with Gasteiger partial charge in [0.25, 0.3) is 0 Å². The Morgan fingerprint density at radius 1 is 1.56 bits per heavy atom. The highest BCUT2D eigenvalue weighted by atomic mass is 32.3. The van der Waals surface area contributed by atoms with E-state index in [0.717, 1.165) is 9.99 Å². The topological polar surface area (TPSA) is 63.4 Å². The lowest BCUT2D eigenvalue weighted by atomic mass is 10.1. The lowest BCUT2D eigenvalue weighted by Gasteiger charge is -2.35. The Hall–Kier alpha value is 0.150. The van der Waals surface area contributed by atoms with Crippen molar-refractivity contribution in [3.05, 3.63) is 10.4 Å². The molecule has 0 aromatic heterocycles. The van der Waals surface area contributed by atoms with Crippen molar-refractivity contribution in [2.75, 3.05) is 5.75 Å². The first-order valence-electron chi connectivity index (χ1n) is 4.97. The first kappa shape index (κ1) is 14.2. The van der Waals surface area contributed by atoms with E-state index in [-0.39, 0.29) is 5.54 Å². The maximum absolute atomic E-state index is 11.5. The summed E-state index contributed by atoms with van der Waals surface area (Å²) in [5.41, 5.74) is -0.250. The van der Waals surface area contributed by atoms with E-state index in [0.29, 0.717) is 0 Å². The Morgan fingerprint density at radius 3 is 2.44 bits per heavy atom. The van der Waals surface area contributed by atoms with Crippen LogP contribution in [0.2, 0.25) is 0 Å². The zero-order valence-corrected chi connectivity index (χ0v) is 12.4. The standard InChI is InChI=1S/C9H18N2O2S3/c1-5-14-7-6-11(9(2,3)4)8(15-7)16(10,12)13/h6,8H,5H2,1-4H3,(H2,10,12,13). The van der Waals surface area contributed by atoms with E-state index in [4.69, 9.17) is 5.14 Å². The van der Waals surface area contributed by atoms with E-state index in [1.165, 1.54) is 11.8 Å². The third-order valence-electron chi connectivity index (χ3n) is 2.03. The fraction of sp³-hybridized carbons (Fsp3) is 0.778. The number of nitrogens with two attached hydrogens (primary N) is 1. The van der Waals surface area contributed by atoms with Gasteiger partial charge in [-0.1, -0.05) is 18.7 Å². The average Bonchev–Trinajstić information content (AvgIpc) is 2.47. The summed E-state index contributed by atoms with van der Waals surface area (Å²) in [5, 5.41) is 5.25. The summed E-state index contributed by atoms with van der Waals surface area (Å²) in [5.74, 6) is 0.925. The number of hydrogen-bond donors (Lipinski definition) is 1. The molecule has 0 saturated heterocycles. The SMILES string of the molecule is CCSC1=CN(C(C)(C)C)C(S(N)(=O)=O)S1. The van der Waals surface area contributed by atoms with Gasteiger partial charge in [0.05, 0.1) is 4.24 Å². The Balaban J connectivity index is 2.99. The van der Waals surface area contributed by atoms with E-state index < -0.39 is 14.7 Å². The summed E-state index contributed by atoms with van der Waals surface area (Å²) >= 11 is 2.96. The van der Waals surface area contributed by atoms with Gasteiger partial charge in [-0.05, 0) is 26.5 Å². The van der Waals surface area contributed by atoms with Crippen LogP contribution in [-0.4, -0.2) is 29.3 Å². The molecule has 1 atom stereocenters. The van der Waals surface area contributed by atoms with Crippen molar-refractivity contribution < 1.29 is 8.42 Å². The molecule has 0 aliphatic carbocycles. The number of thioether (sulfide) groups is 2. The molecule has 16 heavy (non-hydrogen) atoms. The van der Waals surface area contributed by atoms with Crippen LogP contribution in [0.1, 0.15) is 27.7 Å². The van der Waals surface area contributed by atoms with Gasteiger partial charge < -0.3 is 4.90 Å². The summed E-state index contributed by atoms with van der Waals surface area (Å²) in [7, 11) is -3.56. The average molecular weight is 282 g/mol. The molecular formula is C9H18N2O2S3. The van der Waals surface area contributed by atoms with E-state index in [1.807, 2.05) is 38.8 Å². The van der Waals surface area contributed by atoms with E-state index in [2.05, 4.69) is 0 Å². The van der Waals surface area contributed by atoms with Crippen LogP contribution in [0, 0.1) is 0 Å². The van der Waals surface area contributed by atoms with Gasteiger partial charge in [0.2, 0.25) is 10.0 Å². The van der Waals surface area contributed by atoms with Gasteiger partial charge in [-0.3, -0.25) is 0 Å². The van der Waals surface area contributed by atoms with Gasteiger partial charge in [0.15, 0.2) is 4.71 Å². The Morgan fingerprint density at radius 2 is 2.12 bits per heavy atom. The molecule has 1 aliphatic heterocycles. The molecule has 0 aromatic carbocycles. The normalized spacial score (nSPS) is 22.4. The predicted octanol–water partition coefficient (Wildman–Crippen LogP) is 1.96. The highest BCUT2D eigenvalue weighted by molar-refractivity contribution is 8.26. The maximum atomic E-state index is 11.5. The van der Waals surface area contributed by atoms with Crippen LogP contribution in [-0.2, 0) is 10.0 Å². The number of hydrogen-bond acceptors (Lipinski definition) is 5. The van der Waals surface area contributed by atoms with E-state index in [1.54, 1.807) is 11.8 Å². The monoisotopic (exact) mass is 282 g/mol. The lowest BCUT2D eigenvalue weighted by molar-refractivity contribution is 0.226.